The van der Waals surface area contributed by atoms with E-state index in [1.54, 1.807) is 9.80 Å². The second-order valence-electron chi connectivity index (χ2n) is 7.80. The average molecular weight is 367 g/mol. The zero-order valence-electron chi connectivity index (χ0n) is 17.0. The molecule has 0 unspecified atom stereocenters. The van der Waals surface area contributed by atoms with E-state index in [0.29, 0.717) is 13.1 Å². The highest BCUT2D eigenvalue weighted by atomic mass is 16.2. The minimum Gasteiger partial charge on any atom is -0.337 e. The van der Waals surface area contributed by atoms with Crippen molar-refractivity contribution in [2.24, 2.45) is 0 Å². The summed E-state index contributed by atoms with van der Waals surface area (Å²) < 4.78 is 0. The second-order valence-corrected chi connectivity index (χ2v) is 7.80. The molecule has 4 heteroatoms. The Hall–Kier alpha value is -2.62. The molecule has 0 spiro atoms. The zero-order chi connectivity index (χ0) is 20.0. The van der Waals surface area contributed by atoms with Crippen molar-refractivity contribution in [1.29, 1.82) is 0 Å². The van der Waals surface area contributed by atoms with Gasteiger partial charge in [-0.3, -0.25) is 9.59 Å². The van der Waals surface area contributed by atoms with Gasteiger partial charge < -0.3 is 9.80 Å². The van der Waals surface area contributed by atoms with E-state index < -0.39 is 0 Å². The van der Waals surface area contributed by atoms with Gasteiger partial charge in [-0.15, -0.1) is 0 Å². The molecule has 27 heavy (non-hydrogen) atoms. The molecule has 0 aliphatic heterocycles. The lowest BCUT2D eigenvalue weighted by atomic mass is 9.87. The van der Waals surface area contributed by atoms with Crippen LogP contribution in [0, 0.1) is 0 Å². The molecule has 2 aromatic carbocycles. The molecule has 0 N–H and O–H groups in total. The summed E-state index contributed by atoms with van der Waals surface area (Å²) in [6.07, 6.45) is 0. The van der Waals surface area contributed by atoms with Gasteiger partial charge in [0.15, 0.2) is 0 Å². The summed E-state index contributed by atoms with van der Waals surface area (Å²) >= 11 is 0. The van der Waals surface area contributed by atoms with Crippen LogP contribution in [0.15, 0.2) is 54.6 Å². The van der Waals surface area contributed by atoms with Crippen LogP contribution in [-0.2, 0) is 21.5 Å². The Bertz CT molecular complexity index is 761. The van der Waals surface area contributed by atoms with E-state index in [1.807, 2.05) is 61.5 Å². The third kappa shape index (κ3) is 5.68. The highest BCUT2D eigenvalue weighted by Crippen LogP contribution is 2.25. The largest absolute Gasteiger partial charge is 0.337 e. The standard InChI is InChI=1S/C23H30N2O2/c1-6-24(16-19-10-8-7-9-11-19)22(27)17-25(18(2)26)21-14-12-20(13-15-21)23(3,4)5/h7-15H,6,16-17H2,1-5H3. The van der Waals surface area contributed by atoms with Crippen LogP contribution in [0.3, 0.4) is 0 Å². The molecule has 0 aliphatic carbocycles. The van der Waals surface area contributed by atoms with E-state index in [-0.39, 0.29) is 23.8 Å². The maximum absolute atomic E-state index is 12.8. The Morgan fingerprint density at radius 1 is 0.926 bits per heavy atom. The van der Waals surface area contributed by atoms with Crippen molar-refractivity contribution < 1.29 is 9.59 Å². The van der Waals surface area contributed by atoms with Crippen molar-refractivity contribution in [2.45, 2.75) is 46.6 Å². The summed E-state index contributed by atoms with van der Waals surface area (Å²) in [6, 6.07) is 17.8. The topological polar surface area (TPSA) is 40.6 Å². The van der Waals surface area contributed by atoms with E-state index in [4.69, 9.17) is 0 Å². The summed E-state index contributed by atoms with van der Waals surface area (Å²) in [4.78, 5) is 28.3. The van der Waals surface area contributed by atoms with Gasteiger partial charge in [-0.05, 0) is 35.6 Å². The van der Waals surface area contributed by atoms with Gasteiger partial charge in [-0.2, -0.15) is 0 Å². The van der Waals surface area contributed by atoms with Gasteiger partial charge in [0, 0.05) is 25.7 Å². The molecular formula is C23H30N2O2. The van der Waals surface area contributed by atoms with Crippen LogP contribution in [0.4, 0.5) is 5.69 Å². The molecule has 2 amide bonds. The van der Waals surface area contributed by atoms with Crippen LogP contribution < -0.4 is 4.90 Å². The molecule has 0 fully saturated rings. The summed E-state index contributed by atoms with van der Waals surface area (Å²) in [5, 5.41) is 0. The van der Waals surface area contributed by atoms with Crippen molar-refractivity contribution in [3.8, 4) is 0 Å². The van der Waals surface area contributed by atoms with E-state index in [9.17, 15) is 9.59 Å². The molecule has 0 saturated heterocycles. The molecule has 0 aliphatic rings. The second kappa shape index (κ2) is 8.85. The van der Waals surface area contributed by atoms with Crippen LogP contribution in [0.5, 0.6) is 0 Å². The van der Waals surface area contributed by atoms with Gasteiger partial charge in [0.05, 0.1) is 0 Å². The van der Waals surface area contributed by atoms with Gasteiger partial charge in [0.25, 0.3) is 0 Å². The summed E-state index contributed by atoms with van der Waals surface area (Å²) in [5.41, 5.74) is 3.07. The van der Waals surface area contributed by atoms with E-state index >= 15 is 0 Å². The van der Waals surface area contributed by atoms with Crippen molar-refractivity contribution in [1.82, 2.24) is 4.90 Å². The Balaban J connectivity index is 2.14. The number of benzene rings is 2. The first kappa shape index (κ1) is 20.7. The van der Waals surface area contributed by atoms with Gasteiger partial charge in [-0.25, -0.2) is 0 Å². The summed E-state index contributed by atoms with van der Waals surface area (Å²) in [6.45, 7) is 11.1. The normalized spacial score (nSPS) is 11.1. The fourth-order valence-electron chi connectivity index (χ4n) is 2.94. The molecule has 0 atom stereocenters. The quantitative estimate of drug-likeness (QED) is 0.761. The van der Waals surface area contributed by atoms with E-state index in [1.165, 1.54) is 12.5 Å². The van der Waals surface area contributed by atoms with E-state index in [2.05, 4.69) is 20.8 Å². The van der Waals surface area contributed by atoms with Gasteiger partial charge in [0.2, 0.25) is 11.8 Å². The number of hydrogen-bond acceptors (Lipinski definition) is 2. The molecule has 144 valence electrons. The predicted molar refractivity (Wildman–Crippen MR) is 111 cm³/mol. The molecule has 2 rings (SSSR count). The van der Waals surface area contributed by atoms with Crippen LogP contribution in [0.1, 0.15) is 45.7 Å². The third-order valence-electron chi connectivity index (χ3n) is 4.67. The highest BCUT2D eigenvalue weighted by Gasteiger charge is 2.21. The van der Waals surface area contributed by atoms with Crippen LogP contribution in [0.25, 0.3) is 0 Å². The SMILES string of the molecule is CCN(Cc1ccccc1)C(=O)CN(C(C)=O)c1ccc(C(C)(C)C)cc1. The fraction of sp³-hybridized carbons (Fsp3) is 0.391. The Morgan fingerprint density at radius 3 is 2.00 bits per heavy atom. The third-order valence-corrected chi connectivity index (χ3v) is 4.67. The number of amides is 2. The number of carbonyl (C=O) groups is 2. The molecule has 0 saturated carbocycles. The number of nitrogens with zero attached hydrogens (tertiary/aromatic N) is 2. The minimum atomic E-state index is -0.136. The molecule has 0 bridgehead atoms. The van der Waals surface area contributed by atoms with Crippen LogP contribution in [-0.4, -0.2) is 29.8 Å². The number of carbonyl (C=O) groups excluding carboxylic acids is 2. The fourth-order valence-corrected chi connectivity index (χ4v) is 2.94. The summed E-state index contributed by atoms with van der Waals surface area (Å²) in [5.74, 6) is -0.195. The van der Waals surface area contributed by atoms with Crippen molar-refractivity contribution in [3.63, 3.8) is 0 Å². The lowest BCUT2D eigenvalue weighted by Gasteiger charge is -2.27. The monoisotopic (exact) mass is 366 g/mol. The number of hydrogen-bond donors (Lipinski definition) is 0. The Labute approximate surface area is 162 Å². The summed E-state index contributed by atoms with van der Waals surface area (Å²) in [7, 11) is 0. The lowest BCUT2D eigenvalue weighted by Crippen LogP contribution is -2.42. The van der Waals surface area contributed by atoms with Crippen molar-refractivity contribution in [2.75, 3.05) is 18.0 Å². The molecule has 4 nitrogen and oxygen atoms in total. The molecule has 0 aromatic heterocycles. The first-order valence-corrected chi connectivity index (χ1v) is 9.42. The molecular weight excluding hydrogens is 336 g/mol. The van der Waals surface area contributed by atoms with Gasteiger partial charge >= 0.3 is 0 Å². The average Bonchev–Trinajstić information content (AvgIpc) is 2.64. The minimum absolute atomic E-state index is 0.0457. The van der Waals surface area contributed by atoms with Crippen molar-refractivity contribution in [3.05, 3.63) is 65.7 Å². The first-order valence-electron chi connectivity index (χ1n) is 9.42. The maximum atomic E-state index is 12.8. The maximum Gasteiger partial charge on any atom is 0.242 e. The molecule has 2 aromatic rings. The van der Waals surface area contributed by atoms with Gasteiger partial charge in [-0.1, -0.05) is 63.2 Å². The highest BCUT2D eigenvalue weighted by molar-refractivity contribution is 5.97. The smallest absolute Gasteiger partial charge is 0.242 e. The lowest BCUT2D eigenvalue weighted by molar-refractivity contribution is -0.131. The molecule has 0 heterocycles. The van der Waals surface area contributed by atoms with Crippen molar-refractivity contribution >= 4 is 17.5 Å². The Kier molecular flexibility index (Phi) is 6.78. The molecule has 0 radical (unpaired) electrons. The van der Waals surface area contributed by atoms with Gasteiger partial charge in [0.1, 0.15) is 6.54 Å². The van der Waals surface area contributed by atoms with E-state index in [0.717, 1.165) is 11.3 Å². The van der Waals surface area contributed by atoms with Crippen LogP contribution in [0.2, 0.25) is 0 Å². The first-order chi connectivity index (χ1) is 12.7. The zero-order valence-corrected chi connectivity index (χ0v) is 17.0. The Morgan fingerprint density at radius 2 is 1.52 bits per heavy atom. The van der Waals surface area contributed by atoms with Crippen LogP contribution >= 0.6 is 0 Å². The number of rotatable bonds is 6. The predicted octanol–water partition coefficient (Wildman–Crippen LogP) is 4.39. The number of anilines is 1. The number of likely N-dealkylation sites (N-methyl/N-ethyl adjacent to an activating group) is 1.